The molecule has 0 aliphatic carbocycles. The number of hydrogen-bond donors (Lipinski definition) is 3. The first-order valence-electron chi connectivity index (χ1n) is 12.0. The smallest absolute Gasteiger partial charge is 0.272 e. The highest BCUT2D eigenvalue weighted by Crippen LogP contribution is 2.27. The number of nitro benzene ring substituents is 1. The van der Waals surface area contributed by atoms with Crippen LogP contribution in [0.2, 0.25) is 0 Å². The van der Waals surface area contributed by atoms with Crippen molar-refractivity contribution in [3.05, 3.63) is 123 Å². The van der Waals surface area contributed by atoms with Crippen LogP contribution in [0.25, 0.3) is 6.08 Å². The van der Waals surface area contributed by atoms with Gasteiger partial charge >= 0.3 is 0 Å². The fraction of sp³-hybridized carbons (Fsp3) is 0.0690. The second-order valence-corrected chi connectivity index (χ2v) is 10.7. The summed E-state index contributed by atoms with van der Waals surface area (Å²) >= 11 is 2.76. The highest BCUT2D eigenvalue weighted by atomic mass is 32.2. The molecule has 0 radical (unpaired) electrons. The first kappa shape index (κ1) is 28.3. The molecule has 0 spiro atoms. The Morgan fingerprint density at radius 1 is 0.925 bits per heavy atom. The maximum Gasteiger partial charge on any atom is 0.272 e. The normalized spacial score (nSPS) is 11.8. The lowest BCUT2D eigenvalue weighted by atomic mass is 10.2. The van der Waals surface area contributed by atoms with Crippen LogP contribution in [0.3, 0.4) is 0 Å². The third kappa shape index (κ3) is 7.88. The van der Waals surface area contributed by atoms with Gasteiger partial charge in [0.1, 0.15) is 5.70 Å². The third-order valence-electron chi connectivity index (χ3n) is 5.50. The number of nitro groups is 1. The van der Waals surface area contributed by atoms with Crippen molar-refractivity contribution in [3.8, 4) is 0 Å². The molecule has 3 N–H and O–H groups in total. The van der Waals surface area contributed by atoms with Gasteiger partial charge in [-0.25, -0.2) is 0 Å². The van der Waals surface area contributed by atoms with Crippen LogP contribution in [0.1, 0.15) is 22.8 Å². The SMILES string of the molecule is CC(Sc1cccc(NC(=O)/C(=C/c2ccsc2)NC(=O)c2ccccc2)c1)C(=O)Nc1ccc([N+](=O)[O-])cc1. The maximum absolute atomic E-state index is 13.2. The predicted molar refractivity (Wildman–Crippen MR) is 158 cm³/mol. The largest absolute Gasteiger partial charge is 0.325 e. The summed E-state index contributed by atoms with van der Waals surface area (Å²) in [5.74, 6) is -1.19. The Labute approximate surface area is 238 Å². The predicted octanol–water partition coefficient (Wildman–Crippen LogP) is 6.19. The standard InChI is InChI=1S/C29H24N4O5S2/c1-19(27(34)30-22-10-12-24(13-11-22)33(37)38)40-25-9-5-8-23(17-25)31-29(36)26(16-20-14-15-39-18-20)32-28(35)21-6-3-2-4-7-21/h2-19H,1H3,(H,30,34)(H,31,36)(H,32,35)/b26-16-. The van der Waals surface area contributed by atoms with E-state index in [2.05, 4.69) is 16.0 Å². The summed E-state index contributed by atoms with van der Waals surface area (Å²) in [7, 11) is 0. The molecule has 1 unspecified atom stereocenters. The first-order valence-corrected chi connectivity index (χ1v) is 13.8. The van der Waals surface area contributed by atoms with Gasteiger partial charge in [-0.05, 0) is 77.9 Å². The summed E-state index contributed by atoms with van der Waals surface area (Å²) in [5, 5.41) is 22.3. The van der Waals surface area contributed by atoms with Gasteiger partial charge in [0.2, 0.25) is 5.91 Å². The van der Waals surface area contributed by atoms with Gasteiger partial charge in [-0.2, -0.15) is 11.3 Å². The Bertz CT molecular complexity index is 1540. The number of nitrogens with one attached hydrogen (secondary N) is 3. The average molecular weight is 573 g/mol. The van der Waals surface area contributed by atoms with Crippen LogP contribution in [-0.2, 0) is 9.59 Å². The molecular formula is C29H24N4O5S2. The number of carbonyl (C=O) groups is 3. The molecule has 0 fully saturated rings. The molecule has 202 valence electrons. The van der Waals surface area contributed by atoms with E-state index in [1.54, 1.807) is 61.5 Å². The molecule has 0 bridgehead atoms. The fourth-order valence-corrected chi connectivity index (χ4v) is 5.02. The van der Waals surface area contributed by atoms with Crippen LogP contribution in [0, 0.1) is 10.1 Å². The fourth-order valence-electron chi connectivity index (χ4n) is 3.48. The second kappa shape index (κ2) is 13.4. The molecule has 40 heavy (non-hydrogen) atoms. The minimum atomic E-state index is -0.506. The lowest BCUT2D eigenvalue weighted by molar-refractivity contribution is -0.384. The van der Waals surface area contributed by atoms with Crippen LogP contribution in [-0.4, -0.2) is 27.9 Å². The molecule has 0 saturated carbocycles. The third-order valence-corrected chi connectivity index (χ3v) is 7.30. The van der Waals surface area contributed by atoms with Gasteiger partial charge in [0.25, 0.3) is 17.5 Å². The number of anilines is 2. The number of carbonyl (C=O) groups excluding carboxylic acids is 3. The molecule has 1 aromatic heterocycles. The van der Waals surface area contributed by atoms with Crippen molar-refractivity contribution in [3.63, 3.8) is 0 Å². The van der Waals surface area contributed by atoms with E-state index < -0.39 is 22.0 Å². The van der Waals surface area contributed by atoms with Crippen molar-refractivity contribution in [2.24, 2.45) is 0 Å². The zero-order valence-electron chi connectivity index (χ0n) is 21.2. The van der Waals surface area contributed by atoms with Crippen molar-refractivity contribution in [1.29, 1.82) is 0 Å². The summed E-state index contributed by atoms with van der Waals surface area (Å²) in [4.78, 5) is 49.7. The molecule has 4 aromatic rings. The molecule has 0 saturated heterocycles. The number of hydrogen-bond acceptors (Lipinski definition) is 7. The van der Waals surface area contributed by atoms with E-state index in [-0.39, 0.29) is 17.3 Å². The van der Waals surface area contributed by atoms with E-state index in [1.165, 1.54) is 47.4 Å². The number of thiophene rings is 1. The van der Waals surface area contributed by atoms with Gasteiger partial charge in [0, 0.05) is 34.0 Å². The van der Waals surface area contributed by atoms with E-state index in [1.807, 2.05) is 22.9 Å². The van der Waals surface area contributed by atoms with E-state index in [0.29, 0.717) is 16.9 Å². The van der Waals surface area contributed by atoms with Crippen molar-refractivity contribution < 1.29 is 19.3 Å². The van der Waals surface area contributed by atoms with E-state index in [4.69, 9.17) is 0 Å². The van der Waals surface area contributed by atoms with Gasteiger partial charge < -0.3 is 16.0 Å². The lowest BCUT2D eigenvalue weighted by Gasteiger charge is -2.14. The first-order chi connectivity index (χ1) is 19.3. The van der Waals surface area contributed by atoms with Crippen molar-refractivity contribution in [2.75, 3.05) is 10.6 Å². The topological polar surface area (TPSA) is 130 Å². The average Bonchev–Trinajstić information content (AvgIpc) is 3.47. The molecule has 1 heterocycles. The molecule has 3 amide bonds. The van der Waals surface area contributed by atoms with Gasteiger partial charge in [-0.1, -0.05) is 24.3 Å². The molecule has 11 heteroatoms. The Morgan fingerprint density at radius 3 is 2.35 bits per heavy atom. The summed E-state index contributed by atoms with van der Waals surface area (Å²) in [5.41, 5.74) is 2.16. The van der Waals surface area contributed by atoms with Gasteiger partial charge in [0.15, 0.2) is 0 Å². The van der Waals surface area contributed by atoms with Crippen LogP contribution in [0.4, 0.5) is 17.1 Å². The van der Waals surface area contributed by atoms with E-state index >= 15 is 0 Å². The number of thioether (sulfide) groups is 1. The molecule has 0 aliphatic heterocycles. The van der Waals surface area contributed by atoms with Crippen molar-refractivity contribution >= 4 is 64.0 Å². The quantitative estimate of drug-likeness (QED) is 0.0900. The van der Waals surface area contributed by atoms with Crippen LogP contribution >= 0.6 is 23.1 Å². The molecular weight excluding hydrogens is 548 g/mol. The molecule has 0 aliphatic rings. The number of amides is 3. The number of nitrogens with zero attached hydrogens (tertiary/aromatic N) is 1. The highest BCUT2D eigenvalue weighted by molar-refractivity contribution is 8.00. The lowest BCUT2D eigenvalue weighted by Crippen LogP contribution is -2.30. The number of non-ortho nitro benzene ring substituents is 1. The molecule has 3 aromatic carbocycles. The Hall–Kier alpha value is -4.74. The van der Waals surface area contributed by atoms with Crippen molar-refractivity contribution in [1.82, 2.24) is 5.32 Å². The second-order valence-electron chi connectivity index (χ2n) is 8.47. The van der Waals surface area contributed by atoms with Crippen LogP contribution in [0.15, 0.2) is 106 Å². The highest BCUT2D eigenvalue weighted by Gasteiger charge is 2.18. The van der Waals surface area contributed by atoms with E-state index in [9.17, 15) is 24.5 Å². The zero-order chi connectivity index (χ0) is 28.5. The van der Waals surface area contributed by atoms with Crippen molar-refractivity contribution in [2.45, 2.75) is 17.1 Å². The summed E-state index contributed by atoms with van der Waals surface area (Å²) in [6.07, 6.45) is 1.61. The van der Waals surface area contributed by atoms with Crippen LogP contribution < -0.4 is 16.0 Å². The van der Waals surface area contributed by atoms with Gasteiger partial charge in [0.05, 0.1) is 10.2 Å². The minimum Gasteiger partial charge on any atom is -0.325 e. The van der Waals surface area contributed by atoms with Gasteiger partial charge in [-0.3, -0.25) is 24.5 Å². The molecule has 9 nitrogen and oxygen atoms in total. The number of benzene rings is 3. The maximum atomic E-state index is 13.2. The van der Waals surface area contributed by atoms with E-state index in [0.717, 1.165) is 10.5 Å². The Kier molecular flexibility index (Phi) is 9.44. The van der Waals surface area contributed by atoms with Gasteiger partial charge in [-0.15, -0.1) is 11.8 Å². The Balaban J connectivity index is 1.42. The Morgan fingerprint density at radius 2 is 1.68 bits per heavy atom. The number of rotatable bonds is 10. The summed E-state index contributed by atoms with van der Waals surface area (Å²) in [6, 6.07) is 23.1. The monoisotopic (exact) mass is 572 g/mol. The molecule has 1 atom stereocenters. The molecule has 4 rings (SSSR count). The minimum absolute atomic E-state index is 0.0627. The zero-order valence-corrected chi connectivity index (χ0v) is 22.8. The summed E-state index contributed by atoms with van der Waals surface area (Å²) in [6.45, 7) is 1.73. The van der Waals surface area contributed by atoms with Crippen LogP contribution in [0.5, 0.6) is 0 Å². The summed E-state index contributed by atoms with van der Waals surface area (Å²) < 4.78 is 0.